The summed E-state index contributed by atoms with van der Waals surface area (Å²) in [6.45, 7) is 7.96. The predicted octanol–water partition coefficient (Wildman–Crippen LogP) is 2.04. The van der Waals surface area contributed by atoms with Gasteiger partial charge in [-0.1, -0.05) is 6.92 Å². The lowest BCUT2D eigenvalue weighted by atomic mass is 10.1. The SMILES string of the molecule is CCNc1cc(NCCCC(C)CO)nc(C)n1. The van der Waals surface area contributed by atoms with Gasteiger partial charge in [-0.05, 0) is 32.6 Å². The molecule has 0 aliphatic heterocycles. The number of aromatic nitrogens is 2. The van der Waals surface area contributed by atoms with Crippen LogP contribution in [0.15, 0.2) is 6.07 Å². The average Bonchev–Trinajstić information content (AvgIpc) is 2.34. The Labute approximate surface area is 109 Å². The molecule has 1 unspecified atom stereocenters. The Hall–Kier alpha value is -1.36. The second kappa shape index (κ2) is 7.87. The zero-order valence-electron chi connectivity index (χ0n) is 11.5. The molecule has 5 heteroatoms. The van der Waals surface area contributed by atoms with Crippen LogP contribution in [0.25, 0.3) is 0 Å². The van der Waals surface area contributed by atoms with E-state index in [-0.39, 0.29) is 6.61 Å². The second-order valence-electron chi connectivity index (χ2n) is 4.57. The van der Waals surface area contributed by atoms with Gasteiger partial charge in [0.05, 0.1) is 0 Å². The van der Waals surface area contributed by atoms with Gasteiger partial charge in [-0.2, -0.15) is 0 Å². The second-order valence-corrected chi connectivity index (χ2v) is 4.57. The summed E-state index contributed by atoms with van der Waals surface area (Å²) in [7, 11) is 0. The van der Waals surface area contributed by atoms with E-state index in [1.165, 1.54) is 0 Å². The molecule has 18 heavy (non-hydrogen) atoms. The van der Waals surface area contributed by atoms with Crippen molar-refractivity contribution in [1.82, 2.24) is 9.97 Å². The highest BCUT2D eigenvalue weighted by Crippen LogP contribution is 2.11. The van der Waals surface area contributed by atoms with Crippen LogP contribution in [0.2, 0.25) is 0 Å². The van der Waals surface area contributed by atoms with Gasteiger partial charge in [-0.15, -0.1) is 0 Å². The van der Waals surface area contributed by atoms with E-state index in [4.69, 9.17) is 5.11 Å². The fraction of sp³-hybridized carbons (Fsp3) is 0.692. The lowest BCUT2D eigenvalue weighted by Crippen LogP contribution is -2.09. The number of nitrogens with zero attached hydrogens (tertiary/aromatic N) is 2. The molecular formula is C13H24N4O. The molecule has 0 amide bonds. The van der Waals surface area contributed by atoms with Crippen molar-refractivity contribution in [2.45, 2.75) is 33.6 Å². The van der Waals surface area contributed by atoms with Crippen LogP contribution in [0.1, 0.15) is 32.5 Å². The summed E-state index contributed by atoms with van der Waals surface area (Å²) < 4.78 is 0. The molecule has 3 N–H and O–H groups in total. The predicted molar refractivity (Wildman–Crippen MR) is 74.9 cm³/mol. The molecule has 1 atom stereocenters. The topological polar surface area (TPSA) is 70.1 Å². The summed E-state index contributed by atoms with van der Waals surface area (Å²) in [6.07, 6.45) is 2.05. The van der Waals surface area contributed by atoms with Crippen LogP contribution in [0.3, 0.4) is 0 Å². The Bertz CT molecular complexity index is 357. The van der Waals surface area contributed by atoms with Gasteiger partial charge in [0.2, 0.25) is 0 Å². The molecule has 0 radical (unpaired) electrons. The van der Waals surface area contributed by atoms with Crippen LogP contribution in [0.5, 0.6) is 0 Å². The van der Waals surface area contributed by atoms with Crippen molar-refractivity contribution >= 4 is 11.6 Å². The molecule has 0 aliphatic carbocycles. The Morgan fingerprint density at radius 3 is 2.56 bits per heavy atom. The first kappa shape index (κ1) is 14.7. The third-order valence-corrected chi connectivity index (χ3v) is 2.69. The number of rotatable bonds is 8. The van der Waals surface area contributed by atoms with Crippen LogP contribution < -0.4 is 10.6 Å². The number of hydrogen-bond acceptors (Lipinski definition) is 5. The van der Waals surface area contributed by atoms with Crippen LogP contribution >= 0.6 is 0 Å². The minimum absolute atomic E-state index is 0.261. The zero-order valence-corrected chi connectivity index (χ0v) is 11.5. The quantitative estimate of drug-likeness (QED) is 0.618. The highest BCUT2D eigenvalue weighted by molar-refractivity contribution is 5.47. The van der Waals surface area contributed by atoms with Gasteiger partial charge >= 0.3 is 0 Å². The third kappa shape index (κ3) is 5.31. The van der Waals surface area contributed by atoms with E-state index in [0.717, 1.165) is 43.4 Å². The number of anilines is 2. The molecule has 1 aromatic rings. The largest absolute Gasteiger partial charge is 0.396 e. The summed E-state index contributed by atoms with van der Waals surface area (Å²) >= 11 is 0. The molecule has 0 bridgehead atoms. The van der Waals surface area contributed by atoms with Gasteiger partial charge in [0.1, 0.15) is 17.5 Å². The van der Waals surface area contributed by atoms with E-state index in [0.29, 0.717) is 5.92 Å². The average molecular weight is 252 g/mol. The van der Waals surface area contributed by atoms with Crippen molar-refractivity contribution in [3.8, 4) is 0 Å². The fourth-order valence-electron chi connectivity index (χ4n) is 1.69. The lowest BCUT2D eigenvalue weighted by Gasteiger charge is -2.10. The van der Waals surface area contributed by atoms with E-state index in [9.17, 15) is 0 Å². The molecule has 1 rings (SSSR count). The number of nitrogens with one attached hydrogen (secondary N) is 2. The Morgan fingerprint density at radius 1 is 1.28 bits per heavy atom. The van der Waals surface area contributed by atoms with Crippen LogP contribution in [-0.2, 0) is 0 Å². The highest BCUT2D eigenvalue weighted by Gasteiger charge is 2.02. The molecule has 0 saturated carbocycles. The van der Waals surface area contributed by atoms with Gasteiger partial charge in [0.15, 0.2) is 0 Å². The zero-order chi connectivity index (χ0) is 13.4. The molecular weight excluding hydrogens is 228 g/mol. The van der Waals surface area contributed by atoms with E-state index < -0.39 is 0 Å². The van der Waals surface area contributed by atoms with Crippen molar-refractivity contribution < 1.29 is 5.11 Å². The summed E-state index contributed by atoms with van der Waals surface area (Å²) in [4.78, 5) is 8.64. The number of hydrogen-bond donors (Lipinski definition) is 3. The minimum Gasteiger partial charge on any atom is -0.396 e. The monoisotopic (exact) mass is 252 g/mol. The lowest BCUT2D eigenvalue weighted by molar-refractivity contribution is 0.229. The molecule has 5 nitrogen and oxygen atoms in total. The summed E-state index contributed by atoms with van der Waals surface area (Å²) in [6, 6.07) is 1.92. The van der Waals surface area contributed by atoms with Crippen molar-refractivity contribution in [1.29, 1.82) is 0 Å². The van der Waals surface area contributed by atoms with E-state index in [1.807, 2.05) is 19.9 Å². The maximum absolute atomic E-state index is 8.93. The van der Waals surface area contributed by atoms with Gasteiger partial charge in [-0.3, -0.25) is 0 Å². The maximum atomic E-state index is 8.93. The summed E-state index contributed by atoms with van der Waals surface area (Å²) in [5, 5.41) is 15.4. The van der Waals surface area contributed by atoms with Gasteiger partial charge in [0, 0.05) is 25.8 Å². The molecule has 0 aliphatic rings. The molecule has 102 valence electrons. The van der Waals surface area contributed by atoms with Crippen LogP contribution in [0.4, 0.5) is 11.6 Å². The normalized spacial score (nSPS) is 12.2. The molecule has 1 heterocycles. The van der Waals surface area contributed by atoms with Crippen molar-refractivity contribution in [3.05, 3.63) is 11.9 Å². The Morgan fingerprint density at radius 2 is 1.94 bits per heavy atom. The fourth-order valence-corrected chi connectivity index (χ4v) is 1.69. The first-order valence-corrected chi connectivity index (χ1v) is 6.60. The number of aliphatic hydroxyl groups is 1. The van der Waals surface area contributed by atoms with Gasteiger partial charge in [-0.25, -0.2) is 9.97 Å². The van der Waals surface area contributed by atoms with Gasteiger partial charge in [0.25, 0.3) is 0 Å². The van der Waals surface area contributed by atoms with Crippen molar-refractivity contribution in [3.63, 3.8) is 0 Å². The number of aliphatic hydroxyl groups excluding tert-OH is 1. The van der Waals surface area contributed by atoms with Crippen molar-refractivity contribution in [2.24, 2.45) is 5.92 Å². The maximum Gasteiger partial charge on any atom is 0.131 e. The summed E-state index contributed by atoms with van der Waals surface area (Å²) in [5.41, 5.74) is 0. The Kier molecular flexibility index (Phi) is 6.43. The highest BCUT2D eigenvalue weighted by atomic mass is 16.3. The first-order valence-electron chi connectivity index (χ1n) is 6.60. The van der Waals surface area contributed by atoms with Crippen molar-refractivity contribution in [2.75, 3.05) is 30.3 Å². The molecule has 1 aromatic heterocycles. The third-order valence-electron chi connectivity index (χ3n) is 2.69. The molecule has 0 fully saturated rings. The van der Waals surface area contributed by atoms with E-state index >= 15 is 0 Å². The minimum atomic E-state index is 0.261. The first-order chi connectivity index (χ1) is 8.65. The number of aryl methyl sites for hydroxylation is 1. The molecule has 0 saturated heterocycles. The Balaban J connectivity index is 2.41. The van der Waals surface area contributed by atoms with Crippen LogP contribution in [-0.4, -0.2) is 34.8 Å². The molecule has 0 spiro atoms. The standard InChI is InChI=1S/C13H24N4O/c1-4-14-12-8-13(17-11(3)16-12)15-7-5-6-10(2)9-18/h8,10,18H,4-7,9H2,1-3H3,(H2,14,15,16,17). The van der Waals surface area contributed by atoms with Gasteiger partial charge < -0.3 is 15.7 Å². The molecule has 0 aromatic carbocycles. The van der Waals surface area contributed by atoms with E-state index in [1.54, 1.807) is 0 Å². The summed E-state index contributed by atoms with van der Waals surface area (Å²) in [5.74, 6) is 2.85. The smallest absolute Gasteiger partial charge is 0.131 e. The van der Waals surface area contributed by atoms with E-state index in [2.05, 4.69) is 27.5 Å². The van der Waals surface area contributed by atoms with Crippen LogP contribution in [0, 0.1) is 12.8 Å².